The number of benzene rings is 1. The van der Waals surface area contributed by atoms with Gasteiger partial charge in [0.2, 0.25) is 0 Å². The van der Waals surface area contributed by atoms with E-state index in [1.54, 1.807) is 6.07 Å². The van der Waals surface area contributed by atoms with Gasteiger partial charge in [0.15, 0.2) is 24.3 Å². The van der Waals surface area contributed by atoms with Crippen molar-refractivity contribution >= 4 is 11.9 Å². The van der Waals surface area contributed by atoms with Crippen LogP contribution >= 0.6 is 0 Å². The molecule has 0 aliphatic carbocycles. The third kappa shape index (κ3) is 5.16. The van der Waals surface area contributed by atoms with Crippen LogP contribution in [0.4, 0.5) is 0 Å². The van der Waals surface area contributed by atoms with E-state index in [0.717, 1.165) is 12.0 Å². The van der Waals surface area contributed by atoms with E-state index >= 15 is 0 Å². The lowest BCUT2D eigenvalue weighted by Gasteiger charge is -2.23. The highest BCUT2D eigenvalue weighted by Crippen LogP contribution is 2.34. The summed E-state index contributed by atoms with van der Waals surface area (Å²) in [5.74, 6) is 0.0977. The highest BCUT2D eigenvalue weighted by atomic mass is 16.5. The highest BCUT2D eigenvalue weighted by molar-refractivity contribution is 5.88. The van der Waals surface area contributed by atoms with Gasteiger partial charge >= 0.3 is 11.7 Å². The van der Waals surface area contributed by atoms with Gasteiger partial charge in [-0.15, -0.1) is 0 Å². The number of nitrogens with one attached hydrogen (secondary N) is 1. The lowest BCUT2D eigenvalue weighted by molar-refractivity contribution is -0.608. The van der Waals surface area contributed by atoms with Gasteiger partial charge in [-0.25, -0.2) is 4.79 Å². The fourth-order valence-electron chi connectivity index (χ4n) is 3.01. The predicted molar refractivity (Wildman–Crippen MR) is 103 cm³/mol. The van der Waals surface area contributed by atoms with Gasteiger partial charge in [-0.2, -0.15) is 4.73 Å². The second-order valence-electron chi connectivity index (χ2n) is 7.03. The number of fused-ring (bicyclic) bond motifs is 1. The van der Waals surface area contributed by atoms with Gasteiger partial charge in [0, 0.05) is 18.6 Å². The summed E-state index contributed by atoms with van der Waals surface area (Å²) in [6, 6.07) is 9.65. The first-order valence-corrected chi connectivity index (χ1v) is 9.50. The number of ether oxygens (including phenoxy) is 3. The molecule has 2 heterocycles. The molecule has 3 rings (SSSR count). The van der Waals surface area contributed by atoms with Crippen molar-refractivity contribution in [1.82, 2.24) is 5.32 Å². The normalized spacial score (nSPS) is 14.0. The summed E-state index contributed by atoms with van der Waals surface area (Å²) in [6.45, 7) is 4.65. The van der Waals surface area contributed by atoms with Crippen LogP contribution in [0.15, 0.2) is 42.6 Å². The minimum Gasteiger partial charge on any atom is -0.618 e. The van der Waals surface area contributed by atoms with Crippen molar-refractivity contribution in [2.45, 2.75) is 26.3 Å². The summed E-state index contributed by atoms with van der Waals surface area (Å²) < 4.78 is 16.7. The number of carbonyl (C=O) groups excluding carboxylic acids is 2. The maximum absolute atomic E-state index is 12.4. The van der Waals surface area contributed by atoms with Crippen molar-refractivity contribution < 1.29 is 28.5 Å². The molecule has 0 saturated carbocycles. The van der Waals surface area contributed by atoms with Gasteiger partial charge in [0.25, 0.3) is 5.91 Å². The minimum atomic E-state index is -0.854. The lowest BCUT2D eigenvalue weighted by atomic mass is 9.95. The van der Waals surface area contributed by atoms with Crippen LogP contribution in [0.25, 0.3) is 0 Å². The molecule has 0 fully saturated rings. The largest absolute Gasteiger partial charge is 0.618 e. The number of rotatable bonds is 6. The molecule has 1 atom stereocenters. The van der Waals surface area contributed by atoms with Crippen LogP contribution in [-0.4, -0.2) is 31.7 Å². The van der Waals surface area contributed by atoms with Crippen LogP contribution in [0.2, 0.25) is 0 Å². The average Bonchev–Trinajstić information content (AvgIpc) is 2.95. The van der Waals surface area contributed by atoms with E-state index in [4.69, 9.17) is 14.2 Å². The number of hydrogen-bond donors (Lipinski definition) is 1. The van der Waals surface area contributed by atoms with Crippen LogP contribution in [0, 0.1) is 11.1 Å². The molecule has 0 radical (unpaired) electrons. The van der Waals surface area contributed by atoms with E-state index in [2.05, 4.69) is 5.32 Å². The molecule has 1 amide bonds. The number of esters is 1. The average molecular weight is 400 g/mol. The van der Waals surface area contributed by atoms with Gasteiger partial charge in [-0.05, 0) is 29.7 Å². The molecule has 2 aromatic rings. The second kappa shape index (κ2) is 9.27. The molecule has 1 aliphatic rings. The number of hydrogen-bond acceptors (Lipinski definition) is 6. The molecule has 0 saturated heterocycles. The molecule has 29 heavy (non-hydrogen) atoms. The van der Waals surface area contributed by atoms with Crippen LogP contribution in [0.5, 0.6) is 11.5 Å². The van der Waals surface area contributed by atoms with Crippen LogP contribution < -0.4 is 19.5 Å². The monoisotopic (exact) mass is 400 g/mol. The number of nitrogens with zero attached hydrogens (tertiary/aromatic N) is 1. The summed E-state index contributed by atoms with van der Waals surface area (Å²) in [6.07, 6.45) is 2.00. The van der Waals surface area contributed by atoms with Gasteiger partial charge in [-0.3, -0.25) is 4.79 Å². The smallest absolute Gasteiger partial charge is 0.405 e. The Bertz CT molecular complexity index is 883. The maximum atomic E-state index is 12.4. The van der Waals surface area contributed by atoms with Crippen LogP contribution in [0.3, 0.4) is 0 Å². The Labute approximate surface area is 169 Å². The SMILES string of the molecule is CC(C)[C@H](NC(=O)COC(=O)c1cccc[n+]1[O-])c1ccc2c(c1)OCCCO2. The standard InChI is InChI=1S/C21H24N2O6/c1-14(2)20(15-7-8-17-18(12-15)28-11-5-10-27-17)22-19(24)13-29-21(25)16-6-3-4-9-23(16)26/h3-4,6-9,12,14,20H,5,10-11,13H2,1-2H3,(H,22,24)/t20-/m0/s1. The Morgan fingerprint density at radius 2 is 1.93 bits per heavy atom. The maximum Gasteiger partial charge on any atom is 0.405 e. The zero-order valence-corrected chi connectivity index (χ0v) is 16.4. The van der Waals surface area contributed by atoms with E-state index in [0.29, 0.717) is 29.4 Å². The Morgan fingerprint density at radius 1 is 1.17 bits per heavy atom. The zero-order valence-electron chi connectivity index (χ0n) is 16.4. The van der Waals surface area contributed by atoms with Crippen molar-refractivity contribution in [3.63, 3.8) is 0 Å². The molecule has 154 valence electrons. The molecular formula is C21H24N2O6. The van der Waals surface area contributed by atoms with Crippen molar-refractivity contribution in [2.75, 3.05) is 19.8 Å². The first-order valence-electron chi connectivity index (χ1n) is 9.50. The Balaban J connectivity index is 1.64. The predicted octanol–water partition coefficient (Wildman–Crippen LogP) is 2.15. The zero-order chi connectivity index (χ0) is 20.8. The van der Waals surface area contributed by atoms with Gasteiger partial charge in [0.05, 0.1) is 19.3 Å². The Hall–Kier alpha value is -3.29. The first kappa shape index (κ1) is 20.4. The van der Waals surface area contributed by atoms with E-state index in [1.807, 2.05) is 32.0 Å². The van der Waals surface area contributed by atoms with Crippen molar-refractivity contribution in [3.8, 4) is 11.5 Å². The third-order valence-electron chi connectivity index (χ3n) is 4.48. The summed E-state index contributed by atoms with van der Waals surface area (Å²) in [5, 5.41) is 14.5. The molecule has 1 aliphatic heterocycles. The van der Waals surface area contributed by atoms with E-state index in [9.17, 15) is 14.8 Å². The molecular weight excluding hydrogens is 376 g/mol. The van der Waals surface area contributed by atoms with Crippen LogP contribution in [0.1, 0.15) is 42.4 Å². The Morgan fingerprint density at radius 3 is 2.66 bits per heavy atom. The van der Waals surface area contributed by atoms with Gasteiger partial charge in [-0.1, -0.05) is 19.9 Å². The molecule has 0 unspecified atom stereocenters. The van der Waals surface area contributed by atoms with Crippen molar-refractivity contribution in [2.24, 2.45) is 5.92 Å². The molecule has 1 aromatic heterocycles. The topological polar surface area (TPSA) is 101 Å². The molecule has 1 N–H and O–H groups in total. The van der Waals surface area contributed by atoms with Crippen molar-refractivity contribution in [1.29, 1.82) is 0 Å². The molecule has 0 bridgehead atoms. The summed E-state index contributed by atoms with van der Waals surface area (Å²) in [5.41, 5.74) is 0.688. The fourth-order valence-corrected chi connectivity index (χ4v) is 3.01. The van der Waals surface area contributed by atoms with Gasteiger partial charge < -0.3 is 24.7 Å². The first-order chi connectivity index (χ1) is 14.0. The minimum absolute atomic E-state index is 0.0809. The number of aromatic nitrogens is 1. The van der Waals surface area contributed by atoms with E-state index in [-0.39, 0.29) is 17.7 Å². The third-order valence-corrected chi connectivity index (χ3v) is 4.48. The van der Waals surface area contributed by atoms with Crippen LogP contribution in [-0.2, 0) is 9.53 Å². The molecule has 1 aromatic carbocycles. The number of carbonyl (C=O) groups is 2. The molecule has 0 spiro atoms. The summed E-state index contributed by atoms with van der Waals surface area (Å²) in [7, 11) is 0. The second-order valence-corrected chi connectivity index (χ2v) is 7.03. The Kier molecular flexibility index (Phi) is 6.54. The highest BCUT2D eigenvalue weighted by Gasteiger charge is 2.23. The number of pyridine rings is 1. The van der Waals surface area contributed by atoms with E-state index in [1.165, 1.54) is 18.3 Å². The molecule has 8 nitrogen and oxygen atoms in total. The van der Waals surface area contributed by atoms with Gasteiger partial charge in [0.1, 0.15) is 0 Å². The fraction of sp³-hybridized carbons (Fsp3) is 0.381. The van der Waals surface area contributed by atoms with E-state index < -0.39 is 18.5 Å². The quantitative estimate of drug-likeness (QED) is 0.453. The molecule has 8 heteroatoms. The lowest BCUT2D eigenvalue weighted by Crippen LogP contribution is -2.37. The summed E-state index contributed by atoms with van der Waals surface area (Å²) >= 11 is 0. The number of amides is 1. The summed E-state index contributed by atoms with van der Waals surface area (Å²) in [4.78, 5) is 24.4. The van der Waals surface area contributed by atoms with Crippen molar-refractivity contribution in [3.05, 3.63) is 59.1 Å².